The molecule has 0 aliphatic heterocycles. The summed E-state index contributed by atoms with van der Waals surface area (Å²) < 4.78 is 0. The molecule has 2 aromatic rings. The van der Waals surface area contributed by atoms with Crippen molar-refractivity contribution >= 4 is 11.7 Å². The Balaban J connectivity index is 2.38. The van der Waals surface area contributed by atoms with E-state index in [1.54, 1.807) is 0 Å². The Morgan fingerprint density at radius 3 is 2.22 bits per heavy atom. The topological polar surface area (TPSA) is 80.9 Å². The standard InChI is InChI=1S/C18H24N4O/c1-11(2)14-10-15(22-18(20-14)12(3)4)21-16(17(19)23)13-8-6-5-7-9-13/h5-12,16H,1-4H3,(H2,19,23)(H,20,21,22). The number of nitrogens with two attached hydrogens (primary N) is 1. The third kappa shape index (κ3) is 4.28. The molecule has 0 spiro atoms. The number of rotatable bonds is 6. The highest BCUT2D eigenvalue weighted by atomic mass is 16.1. The number of amides is 1. The minimum absolute atomic E-state index is 0.206. The lowest BCUT2D eigenvalue weighted by atomic mass is 10.1. The fraction of sp³-hybridized carbons (Fsp3) is 0.389. The van der Waals surface area contributed by atoms with Gasteiger partial charge in [-0.3, -0.25) is 4.79 Å². The maximum absolute atomic E-state index is 11.9. The first kappa shape index (κ1) is 16.9. The molecule has 0 saturated carbocycles. The molecule has 1 amide bonds. The van der Waals surface area contributed by atoms with Crippen molar-refractivity contribution in [2.24, 2.45) is 5.73 Å². The molecule has 5 heteroatoms. The van der Waals surface area contributed by atoms with Gasteiger partial charge < -0.3 is 11.1 Å². The van der Waals surface area contributed by atoms with Crippen LogP contribution in [0.2, 0.25) is 0 Å². The molecule has 1 unspecified atom stereocenters. The van der Waals surface area contributed by atoms with E-state index in [0.29, 0.717) is 5.82 Å². The van der Waals surface area contributed by atoms with Gasteiger partial charge in [-0.15, -0.1) is 0 Å². The Hall–Kier alpha value is -2.43. The van der Waals surface area contributed by atoms with Crippen molar-refractivity contribution in [1.82, 2.24) is 9.97 Å². The van der Waals surface area contributed by atoms with E-state index >= 15 is 0 Å². The summed E-state index contributed by atoms with van der Waals surface area (Å²) in [7, 11) is 0. The zero-order valence-electron chi connectivity index (χ0n) is 14.1. The SMILES string of the molecule is CC(C)c1cc(NC(C(N)=O)c2ccccc2)nc(C(C)C)n1. The number of carbonyl (C=O) groups is 1. The van der Waals surface area contributed by atoms with Crippen LogP contribution >= 0.6 is 0 Å². The average Bonchev–Trinajstić information content (AvgIpc) is 2.52. The van der Waals surface area contributed by atoms with Crippen LogP contribution in [-0.4, -0.2) is 15.9 Å². The molecule has 23 heavy (non-hydrogen) atoms. The minimum Gasteiger partial charge on any atom is -0.368 e. The van der Waals surface area contributed by atoms with Gasteiger partial charge in [-0.25, -0.2) is 9.97 Å². The Morgan fingerprint density at radius 1 is 1.04 bits per heavy atom. The van der Waals surface area contributed by atoms with Crippen molar-refractivity contribution in [1.29, 1.82) is 0 Å². The van der Waals surface area contributed by atoms with Gasteiger partial charge in [0.05, 0.1) is 0 Å². The normalized spacial score (nSPS) is 12.4. The smallest absolute Gasteiger partial charge is 0.244 e. The molecule has 1 aromatic carbocycles. The van der Waals surface area contributed by atoms with Crippen LogP contribution in [0.15, 0.2) is 36.4 Å². The molecule has 0 fully saturated rings. The van der Waals surface area contributed by atoms with Crippen molar-refractivity contribution in [3.05, 3.63) is 53.5 Å². The first-order valence-corrected chi connectivity index (χ1v) is 7.88. The van der Waals surface area contributed by atoms with Crippen LogP contribution in [0.1, 0.15) is 62.7 Å². The molecule has 2 rings (SSSR count). The monoisotopic (exact) mass is 312 g/mol. The quantitative estimate of drug-likeness (QED) is 0.857. The lowest BCUT2D eigenvalue weighted by Gasteiger charge is -2.19. The van der Waals surface area contributed by atoms with Gasteiger partial charge in [-0.05, 0) is 11.5 Å². The van der Waals surface area contributed by atoms with Crippen LogP contribution in [0.5, 0.6) is 0 Å². The number of carbonyl (C=O) groups excluding carboxylic acids is 1. The van der Waals surface area contributed by atoms with E-state index in [2.05, 4.69) is 29.1 Å². The first-order valence-electron chi connectivity index (χ1n) is 7.88. The van der Waals surface area contributed by atoms with Crippen molar-refractivity contribution < 1.29 is 4.79 Å². The summed E-state index contributed by atoms with van der Waals surface area (Å²) in [6.45, 7) is 8.26. The molecule has 122 valence electrons. The number of primary amides is 1. The Bertz CT molecular complexity index is 642. The number of aromatic nitrogens is 2. The van der Waals surface area contributed by atoms with Crippen LogP contribution in [0.4, 0.5) is 5.82 Å². The number of benzene rings is 1. The van der Waals surface area contributed by atoms with Gasteiger partial charge in [0, 0.05) is 17.7 Å². The lowest BCUT2D eigenvalue weighted by Crippen LogP contribution is -2.28. The van der Waals surface area contributed by atoms with Gasteiger partial charge in [-0.1, -0.05) is 58.0 Å². The van der Waals surface area contributed by atoms with E-state index in [-0.39, 0.29) is 11.8 Å². The summed E-state index contributed by atoms with van der Waals surface area (Å²) in [5.41, 5.74) is 7.33. The summed E-state index contributed by atoms with van der Waals surface area (Å²) in [6, 6.07) is 10.7. The number of nitrogens with zero attached hydrogens (tertiary/aromatic N) is 2. The summed E-state index contributed by atoms with van der Waals surface area (Å²) in [5, 5.41) is 3.16. The van der Waals surface area contributed by atoms with Crippen molar-refractivity contribution in [3.8, 4) is 0 Å². The minimum atomic E-state index is -0.619. The van der Waals surface area contributed by atoms with E-state index in [0.717, 1.165) is 17.1 Å². The van der Waals surface area contributed by atoms with Crippen LogP contribution in [0.25, 0.3) is 0 Å². The molecule has 1 atom stereocenters. The summed E-state index contributed by atoms with van der Waals surface area (Å²) >= 11 is 0. The molecular weight excluding hydrogens is 288 g/mol. The van der Waals surface area contributed by atoms with E-state index < -0.39 is 11.9 Å². The fourth-order valence-electron chi connectivity index (χ4n) is 2.23. The van der Waals surface area contributed by atoms with Crippen LogP contribution in [0, 0.1) is 0 Å². The average molecular weight is 312 g/mol. The van der Waals surface area contributed by atoms with Gasteiger partial charge >= 0.3 is 0 Å². The molecule has 0 aliphatic rings. The van der Waals surface area contributed by atoms with Crippen LogP contribution in [-0.2, 0) is 4.79 Å². The lowest BCUT2D eigenvalue weighted by molar-refractivity contribution is -0.118. The van der Waals surface area contributed by atoms with Crippen LogP contribution < -0.4 is 11.1 Å². The molecule has 0 aliphatic carbocycles. The maximum atomic E-state index is 11.9. The number of hydrogen-bond acceptors (Lipinski definition) is 4. The second kappa shape index (κ2) is 7.22. The molecule has 5 nitrogen and oxygen atoms in total. The van der Waals surface area contributed by atoms with Crippen molar-refractivity contribution in [2.75, 3.05) is 5.32 Å². The van der Waals surface area contributed by atoms with Crippen LogP contribution in [0.3, 0.4) is 0 Å². The van der Waals surface area contributed by atoms with Crippen molar-refractivity contribution in [2.45, 2.75) is 45.6 Å². The molecule has 0 saturated heterocycles. The highest BCUT2D eigenvalue weighted by Crippen LogP contribution is 2.23. The van der Waals surface area contributed by atoms with Crippen molar-refractivity contribution in [3.63, 3.8) is 0 Å². The fourth-order valence-corrected chi connectivity index (χ4v) is 2.23. The van der Waals surface area contributed by atoms with Gasteiger partial charge in [0.2, 0.25) is 5.91 Å². The maximum Gasteiger partial charge on any atom is 0.244 e. The van der Waals surface area contributed by atoms with Gasteiger partial charge in [0.25, 0.3) is 0 Å². The van der Waals surface area contributed by atoms with Gasteiger partial charge in [-0.2, -0.15) is 0 Å². The Kier molecular flexibility index (Phi) is 5.32. The largest absolute Gasteiger partial charge is 0.368 e. The second-order valence-corrected chi connectivity index (χ2v) is 6.24. The summed E-state index contributed by atoms with van der Waals surface area (Å²) in [6.07, 6.45) is 0. The zero-order valence-corrected chi connectivity index (χ0v) is 14.1. The zero-order chi connectivity index (χ0) is 17.0. The third-order valence-corrected chi connectivity index (χ3v) is 3.58. The molecule has 3 N–H and O–H groups in total. The van der Waals surface area contributed by atoms with E-state index in [9.17, 15) is 4.79 Å². The number of nitrogens with one attached hydrogen (secondary N) is 1. The predicted molar refractivity (Wildman–Crippen MR) is 92.2 cm³/mol. The molecule has 0 bridgehead atoms. The summed E-state index contributed by atoms with van der Waals surface area (Å²) in [4.78, 5) is 21.0. The Morgan fingerprint density at radius 2 is 1.70 bits per heavy atom. The third-order valence-electron chi connectivity index (χ3n) is 3.58. The molecule has 1 heterocycles. The number of hydrogen-bond donors (Lipinski definition) is 2. The molecular formula is C18H24N4O. The first-order chi connectivity index (χ1) is 10.9. The van der Waals surface area contributed by atoms with E-state index in [4.69, 9.17) is 5.73 Å². The van der Waals surface area contributed by atoms with Gasteiger partial charge in [0.1, 0.15) is 17.7 Å². The predicted octanol–water partition coefficient (Wildman–Crippen LogP) is 3.36. The van der Waals surface area contributed by atoms with Gasteiger partial charge in [0.15, 0.2) is 0 Å². The van der Waals surface area contributed by atoms with E-state index in [1.807, 2.05) is 50.2 Å². The molecule has 1 aromatic heterocycles. The highest BCUT2D eigenvalue weighted by Gasteiger charge is 2.19. The number of anilines is 1. The second-order valence-electron chi connectivity index (χ2n) is 6.24. The highest BCUT2D eigenvalue weighted by molar-refractivity contribution is 5.84. The summed E-state index contributed by atoms with van der Waals surface area (Å²) in [5.74, 6) is 1.43. The Labute approximate surface area is 137 Å². The van der Waals surface area contributed by atoms with E-state index in [1.165, 1.54) is 0 Å². The molecule has 0 radical (unpaired) electrons.